The van der Waals surface area contributed by atoms with Crippen LogP contribution in [-0.4, -0.2) is 46.1 Å². The summed E-state index contributed by atoms with van der Waals surface area (Å²) in [5, 5.41) is 8.99. The highest BCUT2D eigenvalue weighted by Crippen LogP contribution is 2.20. The fourth-order valence-corrected chi connectivity index (χ4v) is 2.23. The Labute approximate surface area is 123 Å². The van der Waals surface area contributed by atoms with E-state index >= 15 is 0 Å². The van der Waals surface area contributed by atoms with Gasteiger partial charge in [-0.3, -0.25) is 9.59 Å². The van der Waals surface area contributed by atoms with E-state index in [4.69, 9.17) is 9.84 Å². The molecule has 2 atom stereocenters. The van der Waals surface area contributed by atoms with E-state index in [0.29, 0.717) is 24.4 Å². The molecule has 0 aromatic carbocycles. The highest BCUT2D eigenvalue weighted by Gasteiger charge is 2.31. The number of nitrogens with zero attached hydrogens (tertiary/aromatic N) is 2. The Morgan fingerprint density at radius 2 is 2.33 bits per heavy atom. The Kier molecular flexibility index (Phi) is 4.77. The molecule has 1 aliphatic rings. The molecule has 6 heteroatoms. The van der Waals surface area contributed by atoms with E-state index in [1.54, 1.807) is 17.0 Å². The van der Waals surface area contributed by atoms with E-state index in [1.165, 1.54) is 6.20 Å². The topological polar surface area (TPSA) is 79.7 Å². The van der Waals surface area contributed by atoms with Crippen LogP contribution in [0.4, 0.5) is 0 Å². The molecule has 0 saturated carbocycles. The van der Waals surface area contributed by atoms with Crippen LogP contribution in [0.25, 0.3) is 0 Å². The van der Waals surface area contributed by atoms with Crippen molar-refractivity contribution in [2.75, 3.05) is 13.1 Å². The predicted molar refractivity (Wildman–Crippen MR) is 76.3 cm³/mol. The number of carboxylic acid groups (broad SMARTS) is 1. The van der Waals surface area contributed by atoms with E-state index in [9.17, 15) is 9.59 Å². The normalized spacial score (nSPS) is 19.3. The molecule has 1 aromatic heterocycles. The van der Waals surface area contributed by atoms with Crippen molar-refractivity contribution in [3.63, 3.8) is 0 Å². The van der Waals surface area contributed by atoms with Crippen LogP contribution in [0.3, 0.4) is 0 Å². The second kappa shape index (κ2) is 6.56. The standard InChI is InChI=1S/C15H20N2O4/c1-3-10(2)21-13-8-11(4-6-16-13)14(18)17-7-5-12(9-17)15(19)20/h4,6,8,10,12H,3,5,7,9H2,1-2H3,(H,19,20). The Morgan fingerprint density at radius 1 is 1.57 bits per heavy atom. The number of aromatic nitrogens is 1. The Balaban J connectivity index is 2.06. The van der Waals surface area contributed by atoms with Crippen molar-refractivity contribution in [2.45, 2.75) is 32.8 Å². The van der Waals surface area contributed by atoms with Crippen LogP contribution in [0, 0.1) is 5.92 Å². The van der Waals surface area contributed by atoms with E-state index in [2.05, 4.69) is 4.98 Å². The minimum Gasteiger partial charge on any atom is -0.481 e. The fraction of sp³-hybridized carbons (Fsp3) is 0.533. The van der Waals surface area contributed by atoms with Crippen molar-refractivity contribution < 1.29 is 19.4 Å². The molecule has 114 valence electrons. The molecule has 1 amide bonds. The van der Waals surface area contributed by atoms with Crippen molar-refractivity contribution in [3.05, 3.63) is 23.9 Å². The molecule has 1 fully saturated rings. The maximum atomic E-state index is 12.4. The van der Waals surface area contributed by atoms with E-state index in [-0.39, 0.29) is 18.6 Å². The summed E-state index contributed by atoms with van der Waals surface area (Å²) < 4.78 is 5.60. The maximum absolute atomic E-state index is 12.4. The van der Waals surface area contributed by atoms with Crippen molar-refractivity contribution in [1.82, 2.24) is 9.88 Å². The lowest BCUT2D eigenvalue weighted by molar-refractivity contribution is -0.141. The smallest absolute Gasteiger partial charge is 0.308 e. The van der Waals surface area contributed by atoms with Crippen molar-refractivity contribution >= 4 is 11.9 Å². The number of aliphatic carboxylic acids is 1. The molecule has 0 radical (unpaired) electrons. The molecular formula is C15H20N2O4. The van der Waals surface area contributed by atoms with Crippen LogP contribution >= 0.6 is 0 Å². The van der Waals surface area contributed by atoms with Gasteiger partial charge >= 0.3 is 5.97 Å². The average Bonchev–Trinajstić information content (AvgIpc) is 2.96. The summed E-state index contributed by atoms with van der Waals surface area (Å²) in [4.78, 5) is 29.0. The van der Waals surface area contributed by atoms with Crippen LogP contribution in [-0.2, 0) is 4.79 Å². The summed E-state index contributed by atoms with van der Waals surface area (Å²) in [5.41, 5.74) is 0.481. The van der Waals surface area contributed by atoms with Crippen molar-refractivity contribution in [3.8, 4) is 5.88 Å². The molecule has 0 bridgehead atoms. The Morgan fingerprint density at radius 3 is 2.95 bits per heavy atom. The lowest BCUT2D eigenvalue weighted by Gasteiger charge is -2.17. The van der Waals surface area contributed by atoms with Crippen LogP contribution in [0.1, 0.15) is 37.0 Å². The zero-order chi connectivity index (χ0) is 15.4. The number of pyridine rings is 1. The second-order valence-corrected chi connectivity index (χ2v) is 5.29. The minimum absolute atomic E-state index is 0.0334. The van der Waals surface area contributed by atoms with Crippen LogP contribution in [0.15, 0.2) is 18.3 Å². The first-order chi connectivity index (χ1) is 10.0. The number of likely N-dealkylation sites (tertiary alicyclic amines) is 1. The number of hydrogen-bond donors (Lipinski definition) is 1. The molecule has 2 rings (SSSR count). The number of amides is 1. The number of carbonyl (C=O) groups excluding carboxylic acids is 1. The van der Waals surface area contributed by atoms with Gasteiger partial charge in [0, 0.05) is 30.9 Å². The number of carboxylic acids is 1. The minimum atomic E-state index is -0.846. The second-order valence-electron chi connectivity index (χ2n) is 5.29. The van der Waals surface area contributed by atoms with Gasteiger partial charge in [-0.2, -0.15) is 0 Å². The van der Waals surface area contributed by atoms with Gasteiger partial charge in [-0.15, -0.1) is 0 Å². The van der Waals surface area contributed by atoms with Crippen molar-refractivity contribution in [1.29, 1.82) is 0 Å². The summed E-state index contributed by atoms with van der Waals surface area (Å²) in [6.07, 6.45) is 2.93. The molecular weight excluding hydrogens is 272 g/mol. The van der Waals surface area contributed by atoms with Gasteiger partial charge in [0.25, 0.3) is 5.91 Å². The van der Waals surface area contributed by atoms with Crippen LogP contribution in [0.5, 0.6) is 5.88 Å². The lowest BCUT2D eigenvalue weighted by Crippen LogP contribution is -2.30. The lowest BCUT2D eigenvalue weighted by atomic mass is 10.1. The first kappa shape index (κ1) is 15.3. The van der Waals surface area contributed by atoms with Gasteiger partial charge in [-0.25, -0.2) is 4.98 Å². The van der Waals surface area contributed by atoms with Crippen LogP contribution in [0.2, 0.25) is 0 Å². The summed E-state index contributed by atoms with van der Waals surface area (Å²) in [6, 6.07) is 3.24. The third kappa shape index (κ3) is 3.71. The van der Waals surface area contributed by atoms with Gasteiger partial charge in [0.15, 0.2) is 0 Å². The molecule has 1 saturated heterocycles. The molecule has 2 unspecified atom stereocenters. The van der Waals surface area contributed by atoms with Gasteiger partial charge < -0.3 is 14.7 Å². The SMILES string of the molecule is CCC(C)Oc1cc(C(=O)N2CCC(C(=O)O)C2)ccn1. The van der Waals surface area contributed by atoms with Gasteiger partial charge in [0.2, 0.25) is 5.88 Å². The van der Waals surface area contributed by atoms with Crippen LogP contribution < -0.4 is 4.74 Å². The molecule has 1 aromatic rings. The van der Waals surface area contributed by atoms with Gasteiger partial charge in [0.05, 0.1) is 12.0 Å². The quantitative estimate of drug-likeness (QED) is 0.895. The Hall–Kier alpha value is -2.11. The molecule has 21 heavy (non-hydrogen) atoms. The van der Waals surface area contributed by atoms with E-state index in [1.807, 2.05) is 13.8 Å². The zero-order valence-corrected chi connectivity index (χ0v) is 12.3. The third-order valence-electron chi connectivity index (χ3n) is 3.70. The third-order valence-corrected chi connectivity index (χ3v) is 3.70. The molecule has 0 aliphatic carbocycles. The van der Waals surface area contributed by atoms with E-state index in [0.717, 1.165) is 6.42 Å². The summed E-state index contributed by atoms with van der Waals surface area (Å²) >= 11 is 0. The molecule has 1 N–H and O–H groups in total. The predicted octanol–water partition coefficient (Wildman–Crippen LogP) is 1.81. The number of carbonyl (C=O) groups is 2. The maximum Gasteiger partial charge on any atom is 0.308 e. The van der Waals surface area contributed by atoms with Gasteiger partial charge in [0.1, 0.15) is 0 Å². The zero-order valence-electron chi connectivity index (χ0n) is 12.3. The first-order valence-electron chi connectivity index (χ1n) is 7.16. The highest BCUT2D eigenvalue weighted by molar-refractivity contribution is 5.95. The average molecular weight is 292 g/mol. The van der Waals surface area contributed by atoms with E-state index < -0.39 is 11.9 Å². The van der Waals surface area contributed by atoms with Gasteiger partial charge in [-0.1, -0.05) is 6.92 Å². The molecule has 2 heterocycles. The highest BCUT2D eigenvalue weighted by atomic mass is 16.5. The largest absolute Gasteiger partial charge is 0.481 e. The number of hydrogen-bond acceptors (Lipinski definition) is 4. The fourth-order valence-electron chi connectivity index (χ4n) is 2.23. The monoisotopic (exact) mass is 292 g/mol. The number of rotatable bonds is 5. The number of ether oxygens (including phenoxy) is 1. The summed E-state index contributed by atoms with van der Waals surface area (Å²) in [7, 11) is 0. The summed E-state index contributed by atoms with van der Waals surface area (Å²) in [5.74, 6) is -1.06. The van der Waals surface area contributed by atoms with Crippen molar-refractivity contribution in [2.24, 2.45) is 5.92 Å². The van der Waals surface area contributed by atoms with Gasteiger partial charge in [-0.05, 0) is 25.8 Å². The Bertz CT molecular complexity index is 532. The summed E-state index contributed by atoms with van der Waals surface area (Å²) in [6.45, 7) is 4.68. The molecule has 1 aliphatic heterocycles. The molecule has 0 spiro atoms. The first-order valence-corrected chi connectivity index (χ1v) is 7.16. The molecule has 6 nitrogen and oxygen atoms in total.